The van der Waals surface area contributed by atoms with Crippen molar-refractivity contribution in [1.82, 2.24) is 5.32 Å². The highest BCUT2D eigenvalue weighted by molar-refractivity contribution is 8.03. The lowest BCUT2D eigenvalue weighted by Crippen LogP contribution is -2.31. The maximum absolute atomic E-state index is 13.0. The second-order valence-electron chi connectivity index (χ2n) is 6.06. The van der Waals surface area contributed by atoms with Crippen LogP contribution in [0.15, 0.2) is 52.4 Å². The number of carbonyl (C=O) groups excluding carboxylic acids is 2. The molecule has 2 heterocycles. The number of thiophene rings is 1. The summed E-state index contributed by atoms with van der Waals surface area (Å²) >= 11 is 2.33. The molecule has 1 aliphatic heterocycles. The molecular weight excluding hydrogens is 423 g/mol. The molecule has 0 unspecified atom stereocenters. The summed E-state index contributed by atoms with van der Waals surface area (Å²) in [7, 11) is 0. The molecule has 0 saturated heterocycles. The van der Waals surface area contributed by atoms with E-state index in [9.17, 15) is 28.0 Å². The van der Waals surface area contributed by atoms with Crippen molar-refractivity contribution in [3.63, 3.8) is 0 Å². The molecule has 5 nitrogen and oxygen atoms in total. The molecule has 10 heteroatoms. The minimum Gasteiger partial charge on any atom is -0.325 e. The number of hydrogen-bond donors (Lipinski definition) is 2. The zero-order chi connectivity index (χ0) is 21.0. The van der Waals surface area contributed by atoms with Crippen molar-refractivity contribution in [2.45, 2.75) is 18.5 Å². The third-order valence-electron chi connectivity index (χ3n) is 4.10. The van der Waals surface area contributed by atoms with E-state index >= 15 is 0 Å². The van der Waals surface area contributed by atoms with E-state index in [4.69, 9.17) is 0 Å². The topological polar surface area (TPSA) is 82.0 Å². The van der Waals surface area contributed by atoms with E-state index in [2.05, 4.69) is 16.7 Å². The second kappa shape index (κ2) is 8.71. The Bertz CT molecular complexity index is 995. The average molecular weight is 437 g/mol. The van der Waals surface area contributed by atoms with Gasteiger partial charge in [0, 0.05) is 17.2 Å². The van der Waals surface area contributed by atoms with Gasteiger partial charge in [-0.05, 0) is 23.6 Å². The van der Waals surface area contributed by atoms with Crippen LogP contribution in [0.4, 0.5) is 18.9 Å². The molecule has 1 aromatic carbocycles. The Morgan fingerprint density at radius 2 is 2.07 bits per heavy atom. The number of carbonyl (C=O) groups is 2. The number of amides is 2. The zero-order valence-corrected chi connectivity index (χ0v) is 16.4. The smallest absolute Gasteiger partial charge is 0.325 e. The molecule has 1 aliphatic rings. The van der Waals surface area contributed by atoms with Crippen LogP contribution in [-0.4, -0.2) is 17.6 Å². The van der Waals surface area contributed by atoms with Crippen LogP contribution in [0.2, 0.25) is 0 Å². The summed E-state index contributed by atoms with van der Waals surface area (Å²) in [4.78, 5) is 25.1. The summed E-state index contributed by atoms with van der Waals surface area (Å²) in [6.45, 7) is 0. The first-order valence-corrected chi connectivity index (χ1v) is 10.2. The Balaban J connectivity index is 1.74. The Morgan fingerprint density at radius 1 is 1.31 bits per heavy atom. The van der Waals surface area contributed by atoms with E-state index in [0.29, 0.717) is 5.57 Å². The number of nitrogens with one attached hydrogen (secondary N) is 2. The van der Waals surface area contributed by atoms with Crippen LogP contribution in [0, 0.1) is 11.3 Å². The number of nitriles is 1. The van der Waals surface area contributed by atoms with Crippen LogP contribution < -0.4 is 10.6 Å². The number of anilines is 1. The molecule has 3 rings (SSSR count). The largest absolute Gasteiger partial charge is 0.418 e. The van der Waals surface area contributed by atoms with Gasteiger partial charge in [0.15, 0.2) is 0 Å². The van der Waals surface area contributed by atoms with Crippen LogP contribution in [0.1, 0.15) is 22.8 Å². The van der Waals surface area contributed by atoms with Crippen LogP contribution in [0.5, 0.6) is 0 Å². The predicted molar refractivity (Wildman–Crippen MR) is 105 cm³/mol. The van der Waals surface area contributed by atoms with Gasteiger partial charge in [0.1, 0.15) is 0 Å². The van der Waals surface area contributed by atoms with Crippen molar-refractivity contribution in [3.8, 4) is 6.07 Å². The van der Waals surface area contributed by atoms with Crippen LogP contribution >= 0.6 is 23.1 Å². The molecule has 0 spiro atoms. The Hall–Kier alpha value is -2.77. The first kappa shape index (κ1) is 21.0. The highest BCUT2D eigenvalue weighted by Crippen LogP contribution is 2.38. The van der Waals surface area contributed by atoms with Crippen molar-refractivity contribution in [2.75, 3.05) is 11.1 Å². The fraction of sp³-hybridized carbons (Fsp3) is 0.211. The lowest BCUT2D eigenvalue weighted by atomic mass is 9.93. The highest BCUT2D eigenvalue weighted by Gasteiger charge is 2.34. The molecule has 0 radical (unpaired) electrons. The highest BCUT2D eigenvalue weighted by atomic mass is 32.2. The molecule has 150 valence electrons. The van der Waals surface area contributed by atoms with Gasteiger partial charge in [0.05, 0.1) is 33.7 Å². The zero-order valence-electron chi connectivity index (χ0n) is 14.7. The number of halogens is 3. The van der Waals surface area contributed by atoms with Crippen molar-refractivity contribution < 1.29 is 22.8 Å². The number of allylic oxidation sites excluding steroid dienone is 1. The van der Waals surface area contributed by atoms with E-state index in [1.165, 1.54) is 29.5 Å². The van der Waals surface area contributed by atoms with Crippen molar-refractivity contribution in [1.29, 1.82) is 5.26 Å². The fourth-order valence-corrected chi connectivity index (χ4v) is 4.54. The summed E-state index contributed by atoms with van der Waals surface area (Å²) in [5, 5.41) is 16.5. The molecule has 0 fully saturated rings. The molecule has 0 bridgehead atoms. The first-order chi connectivity index (χ1) is 13.8. The number of para-hydroxylation sites is 1. The fourth-order valence-electron chi connectivity index (χ4n) is 2.83. The quantitative estimate of drug-likeness (QED) is 0.723. The van der Waals surface area contributed by atoms with E-state index in [-0.39, 0.29) is 28.8 Å². The molecule has 0 saturated carbocycles. The van der Waals surface area contributed by atoms with E-state index < -0.39 is 23.6 Å². The lowest BCUT2D eigenvalue weighted by Gasteiger charge is -2.24. The SMILES string of the molecule is N#CC1=C(SCC(=O)Nc2ccccc2C(F)(F)F)NC(=O)C[C@@H]1c1cccs1. The Labute approximate surface area is 172 Å². The summed E-state index contributed by atoms with van der Waals surface area (Å²) in [6.07, 6.45) is -4.47. The van der Waals surface area contributed by atoms with Gasteiger partial charge in [-0.2, -0.15) is 18.4 Å². The number of thioether (sulfide) groups is 1. The Kier molecular flexibility index (Phi) is 6.30. The van der Waals surface area contributed by atoms with Gasteiger partial charge in [-0.15, -0.1) is 11.3 Å². The van der Waals surface area contributed by atoms with Gasteiger partial charge in [0.25, 0.3) is 0 Å². The lowest BCUT2D eigenvalue weighted by molar-refractivity contribution is -0.137. The van der Waals surface area contributed by atoms with Gasteiger partial charge in [-0.25, -0.2) is 0 Å². The number of hydrogen-bond acceptors (Lipinski definition) is 5. The monoisotopic (exact) mass is 437 g/mol. The van der Waals surface area contributed by atoms with Crippen LogP contribution in [0.3, 0.4) is 0 Å². The normalized spacial score (nSPS) is 16.9. The number of benzene rings is 1. The van der Waals surface area contributed by atoms with Gasteiger partial charge < -0.3 is 10.6 Å². The van der Waals surface area contributed by atoms with Crippen molar-refractivity contribution in [3.05, 3.63) is 62.8 Å². The molecule has 2 aromatic rings. The van der Waals surface area contributed by atoms with Gasteiger partial charge in [-0.1, -0.05) is 30.0 Å². The number of rotatable bonds is 5. The maximum atomic E-state index is 13.0. The average Bonchev–Trinajstić information content (AvgIpc) is 3.20. The minimum absolute atomic E-state index is 0.124. The summed E-state index contributed by atoms with van der Waals surface area (Å²) in [6, 6.07) is 10.4. The van der Waals surface area contributed by atoms with Gasteiger partial charge in [0.2, 0.25) is 11.8 Å². The maximum Gasteiger partial charge on any atom is 0.418 e. The number of nitrogens with zero attached hydrogens (tertiary/aromatic N) is 1. The second-order valence-corrected chi connectivity index (χ2v) is 8.02. The van der Waals surface area contributed by atoms with Crippen molar-refractivity contribution >= 4 is 40.6 Å². The van der Waals surface area contributed by atoms with Crippen LogP contribution in [0.25, 0.3) is 0 Å². The molecular formula is C19H14F3N3O2S2. The molecule has 0 aliphatic carbocycles. The summed E-state index contributed by atoms with van der Waals surface area (Å²) < 4.78 is 39.1. The predicted octanol–water partition coefficient (Wildman–Crippen LogP) is 4.48. The molecule has 1 atom stereocenters. The molecule has 2 N–H and O–H groups in total. The summed E-state index contributed by atoms with van der Waals surface area (Å²) in [5.74, 6) is -1.62. The Morgan fingerprint density at radius 3 is 2.72 bits per heavy atom. The first-order valence-electron chi connectivity index (χ1n) is 8.36. The van der Waals surface area contributed by atoms with E-state index in [1.807, 2.05) is 17.5 Å². The van der Waals surface area contributed by atoms with Crippen LogP contribution in [-0.2, 0) is 15.8 Å². The third kappa shape index (κ3) is 4.99. The standard InChI is InChI=1S/C19H14F3N3O2S2/c20-19(21,22)13-4-1-2-5-14(13)24-17(27)10-29-18-12(9-23)11(8-16(26)25-18)15-6-3-7-28-15/h1-7,11H,8,10H2,(H,24,27)(H,25,26)/t11-/m0/s1. The molecule has 2 amide bonds. The van der Waals surface area contributed by atoms with E-state index in [1.54, 1.807) is 0 Å². The minimum atomic E-state index is -4.60. The summed E-state index contributed by atoms with van der Waals surface area (Å²) in [5.41, 5.74) is -0.955. The molecule has 1 aromatic heterocycles. The van der Waals surface area contributed by atoms with Crippen molar-refractivity contribution in [2.24, 2.45) is 0 Å². The third-order valence-corrected chi connectivity index (χ3v) is 6.10. The van der Waals surface area contributed by atoms with Gasteiger partial charge >= 0.3 is 6.18 Å². The molecule has 29 heavy (non-hydrogen) atoms. The van der Waals surface area contributed by atoms with Gasteiger partial charge in [-0.3, -0.25) is 9.59 Å². The number of alkyl halides is 3. The van der Waals surface area contributed by atoms with E-state index in [0.717, 1.165) is 22.7 Å².